The normalized spacial score (nSPS) is 23.1. The third-order valence-electron chi connectivity index (χ3n) is 5.51. The molecule has 0 unspecified atom stereocenters. The molecule has 1 fully saturated rings. The number of aromatic nitrogens is 1. The minimum atomic E-state index is -0.833. The zero-order valence-electron chi connectivity index (χ0n) is 15.2. The van der Waals surface area contributed by atoms with Gasteiger partial charge in [0.1, 0.15) is 0 Å². The lowest BCUT2D eigenvalue weighted by molar-refractivity contribution is 0.00805. The van der Waals surface area contributed by atoms with Crippen molar-refractivity contribution in [2.24, 2.45) is 0 Å². The molecule has 4 rings (SSSR count). The molecule has 1 saturated heterocycles. The van der Waals surface area contributed by atoms with Crippen molar-refractivity contribution in [3.8, 4) is 0 Å². The van der Waals surface area contributed by atoms with E-state index in [1.165, 1.54) is 11.1 Å². The van der Waals surface area contributed by atoms with Gasteiger partial charge in [0.2, 0.25) is 0 Å². The Morgan fingerprint density at radius 2 is 2.00 bits per heavy atom. The molecule has 1 amide bonds. The molecule has 2 aliphatic heterocycles. The van der Waals surface area contributed by atoms with E-state index in [4.69, 9.17) is 0 Å². The van der Waals surface area contributed by atoms with Crippen LogP contribution in [0.15, 0.2) is 42.6 Å². The molecule has 2 aromatic rings. The first-order chi connectivity index (χ1) is 12.5. The van der Waals surface area contributed by atoms with Crippen molar-refractivity contribution in [3.05, 3.63) is 65.0 Å². The molecule has 136 valence electrons. The van der Waals surface area contributed by atoms with Gasteiger partial charge < -0.3 is 10.0 Å². The molecule has 0 spiro atoms. The number of hydrogen-bond donors (Lipinski definition) is 1. The van der Waals surface area contributed by atoms with E-state index in [-0.39, 0.29) is 5.91 Å². The van der Waals surface area contributed by atoms with E-state index in [1.807, 2.05) is 19.1 Å². The number of amides is 1. The van der Waals surface area contributed by atoms with Gasteiger partial charge >= 0.3 is 0 Å². The number of carbonyl (C=O) groups excluding carboxylic acids is 1. The largest absolute Gasteiger partial charge is 0.387 e. The van der Waals surface area contributed by atoms with Crippen molar-refractivity contribution in [3.63, 3.8) is 0 Å². The standard InChI is InChI=1S/C21H25N3O2/c1-16-6-7-18(12-22-16)20(25)24-11-9-21(26,15-24)14-23-10-8-17-4-2-3-5-19(17)13-23/h2-7,12,26H,8-11,13-15H2,1H3/t21-/m1/s1. The SMILES string of the molecule is Cc1ccc(C(=O)N2CC[C@@](O)(CN3CCc4ccccc4C3)C2)cn1. The third kappa shape index (κ3) is 3.50. The van der Waals surface area contributed by atoms with Crippen molar-refractivity contribution in [2.45, 2.75) is 31.9 Å². The monoisotopic (exact) mass is 351 g/mol. The highest BCUT2D eigenvalue weighted by molar-refractivity contribution is 5.94. The van der Waals surface area contributed by atoms with E-state index >= 15 is 0 Å². The number of carbonyl (C=O) groups is 1. The molecule has 1 atom stereocenters. The number of β-amino-alcohol motifs (C(OH)–C–C–N with tert-alkyl or cyclic N) is 1. The smallest absolute Gasteiger partial charge is 0.255 e. The zero-order valence-corrected chi connectivity index (χ0v) is 15.2. The molecule has 2 aliphatic rings. The van der Waals surface area contributed by atoms with Gasteiger partial charge in [0, 0.05) is 38.1 Å². The number of aryl methyl sites for hydroxylation is 1. The first-order valence-electron chi connectivity index (χ1n) is 9.26. The maximum absolute atomic E-state index is 12.7. The van der Waals surface area contributed by atoms with E-state index in [1.54, 1.807) is 11.1 Å². The van der Waals surface area contributed by atoms with Gasteiger partial charge in [0.15, 0.2) is 0 Å². The summed E-state index contributed by atoms with van der Waals surface area (Å²) in [7, 11) is 0. The highest BCUT2D eigenvalue weighted by Gasteiger charge is 2.40. The van der Waals surface area contributed by atoms with Gasteiger partial charge in [0.05, 0.1) is 17.7 Å². The Morgan fingerprint density at radius 1 is 1.19 bits per heavy atom. The predicted molar refractivity (Wildman–Crippen MR) is 99.9 cm³/mol. The van der Waals surface area contributed by atoms with Crippen LogP contribution in [0.25, 0.3) is 0 Å². The first-order valence-corrected chi connectivity index (χ1v) is 9.26. The number of rotatable bonds is 3. The summed E-state index contributed by atoms with van der Waals surface area (Å²) in [5.74, 6) is -0.0441. The summed E-state index contributed by atoms with van der Waals surface area (Å²) < 4.78 is 0. The topological polar surface area (TPSA) is 56.7 Å². The average molecular weight is 351 g/mol. The van der Waals surface area contributed by atoms with Gasteiger partial charge in [-0.2, -0.15) is 0 Å². The second-order valence-corrected chi connectivity index (χ2v) is 7.62. The molecule has 3 heterocycles. The Balaban J connectivity index is 1.39. The summed E-state index contributed by atoms with van der Waals surface area (Å²) in [6.45, 7) is 5.31. The maximum atomic E-state index is 12.7. The molecule has 5 nitrogen and oxygen atoms in total. The lowest BCUT2D eigenvalue weighted by atomic mass is 9.97. The molecule has 0 bridgehead atoms. The lowest BCUT2D eigenvalue weighted by Gasteiger charge is -2.34. The number of aliphatic hydroxyl groups is 1. The number of fused-ring (bicyclic) bond motifs is 1. The highest BCUT2D eigenvalue weighted by Crippen LogP contribution is 2.27. The number of benzene rings is 1. The summed E-state index contributed by atoms with van der Waals surface area (Å²) in [6, 6.07) is 12.2. The Hall–Kier alpha value is -2.24. The Bertz CT molecular complexity index is 805. The molecule has 0 saturated carbocycles. The molecule has 26 heavy (non-hydrogen) atoms. The van der Waals surface area contributed by atoms with Crippen LogP contribution in [0.4, 0.5) is 0 Å². The van der Waals surface area contributed by atoms with Crippen LogP contribution in [0.3, 0.4) is 0 Å². The van der Waals surface area contributed by atoms with Crippen molar-refractivity contribution < 1.29 is 9.90 Å². The second-order valence-electron chi connectivity index (χ2n) is 7.62. The first kappa shape index (κ1) is 17.2. The van der Waals surface area contributed by atoms with Crippen LogP contribution in [0.2, 0.25) is 0 Å². The summed E-state index contributed by atoms with van der Waals surface area (Å²) in [5, 5.41) is 11.1. The van der Waals surface area contributed by atoms with Crippen molar-refractivity contribution in [2.75, 3.05) is 26.2 Å². The van der Waals surface area contributed by atoms with E-state index < -0.39 is 5.60 Å². The second kappa shape index (κ2) is 6.82. The van der Waals surface area contributed by atoms with Crippen LogP contribution in [0, 0.1) is 6.92 Å². The van der Waals surface area contributed by atoms with Crippen LogP contribution in [-0.4, -0.2) is 57.6 Å². The van der Waals surface area contributed by atoms with Crippen LogP contribution in [-0.2, 0) is 13.0 Å². The Morgan fingerprint density at radius 3 is 2.77 bits per heavy atom. The van der Waals surface area contributed by atoms with Gasteiger partial charge in [-0.05, 0) is 43.0 Å². The number of nitrogens with zero attached hydrogens (tertiary/aromatic N) is 3. The fourth-order valence-electron chi connectivity index (χ4n) is 4.04. The highest BCUT2D eigenvalue weighted by atomic mass is 16.3. The molecule has 5 heteroatoms. The van der Waals surface area contributed by atoms with Crippen molar-refractivity contribution in [1.82, 2.24) is 14.8 Å². The van der Waals surface area contributed by atoms with Crippen LogP contribution in [0.5, 0.6) is 0 Å². The molecule has 1 N–H and O–H groups in total. The molecule has 0 aliphatic carbocycles. The molecule has 1 aromatic heterocycles. The zero-order chi connectivity index (χ0) is 18.1. The van der Waals surface area contributed by atoms with E-state index in [0.717, 1.165) is 25.2 Å². The van der Waals surface area contributed by atoms with Gasteiger partial charge in [-0.1, -0.05) is 24.3 Å². The summed E-state index contributed by atoms with van der Waals surface area (Å²) in [5.41, 5.74) is 3.40. The molecular weight excluding hydrogens is 326 g/mol. The van der Waals surface area contributed by atoms with E-state index in [9.17, 15) is 9.90 Å². The summed E-state index contributed by atoms with van der Waals surface area (Å²) in [6.07, 6.45) is 3.26. The quantitative estimate of drug-likeness (QED) is 0.919. The third-order valence-corrected chi connectivity index (χ3v) is 5.51. The van der Waals surface area contributed by atoms with Gasteiger partial charge in [0.25, 0.3) is 5.91 Å². The lowest BCUT2D eigenvalue weighted by Crippen LogP contribution is -2.47. The Kier molecular flexibility index (Phi) is 4.51. The van der Waals surface area contributed by atoms with Crippen LogP contribution >= 0.6 is 0 Å². The average Bonchev–Trinajstić information content (AvgIpc) is 3.03. The van der Waals surface area contributed by atoms with E-state index in [0.29, 0.717) is 31.6 Å². The molecule has 0 radical (unpaired) electrons. The van der Waals surface area contributed by atoms with Gasteiger partial charge in [-0.25, -0.2) is 0 Å². The molecule has 1 aromatic carbocycles. The number of hydrogen-bond acceptors (Lipinski definition) is 4. The number of likely N-dealkylation sites (tertiary alicyclic amines) is 1. The Labute approximate surface area is 154 Å². The maximum Gasteiger partial charge on any atom is 0.255 e. The molecular formula is C21H25N3O2. The fourth-order valence-corrected chi connectivity index (χ4v) is 4.04. The van der Waals surface area contributed by atoms with Crippen LogP contribution < -0.4 is 0 Å². The minimum Gasteiger partial charge on any atom is -0.387 e. The van der Waals surface area contributed by atoms with Crippen LogP contribution in [0.1, 0.15) is 33.6 Å². The number of pyridine rings is 1. The van der Waals surface area contributed by atoms with Gasteiger partial charge in [-0.15, -0.1) is 0 Å². The summed E-state index contributed by atoms with van der Waals surface area (Å²) >= 11 is 0. The van der Waals surface area contributed by atoms with Crippen molar-refractivity contribution in [1.29, 1.82) is 0 Å². The van der Waals surface area contributed by atoms with E-state index in [2.05, 4.69) is 34.1 Å². The minimum absolute atomic E-state index is 0.0441. The van der Waals surface area contributed by atoms with Crippen molar-refractivity contribution >= 4 is 5.91 Å². The van der Waals surface area contributed by atoms with Gasteiger partial charge in [-0.3, -0.25) is 14.7 Å². The fraction of sp³-hybridized carbons (Fsp3) is 0.429. The predicted octanol–water partition coefficient (Wildman–Crippen LogP) is 2.03. The summed E-state index contributed by atoms with van der Waals surface area (Å²) in [4.78, 5) is 20.9.